The van der Waals surface area contributed by atoms with Crippen LogP contribution in [0.5, 0.6) is 0 Å². The lowest BCUT2D eigenvalue weighted by molar-refractivity contribution is -0.389. The van der Waals surface area contributed by atoms with E-state index in [1.165, 1.54) is 7.11 Å². The van der Waals surface area contributed by atoms with E-state index in [1.807, 2.05) is 0 Å². The van der Waals surface area contributed by atoms with Crippen LogP contribution < -0.4 is 5.32 Å². The first kappa shape index (κ1) is 17.4. The highest BCUT2D eigenvalue weighted by Crippen LogP contribution is 2.20. The van der Waals surface area contributed by atoms with Crippen molar-refractivity contribution in [2.24, 2.45) is 0 Å². The van der Waals surface area contributed by atoms with Gasteiger partial charge in [-0.2, -0.15) is 4.98 Å². The molecule has 1 aromatic heterocycles. The highest BCUT2D eigenvalue weighted by Gasteiger charge is 2.24. The van der Waals surface area contributed by atoms with Crippen LogP contribution in [-0.4, -0.2) is 39.7 Å². The van der Waals surface area contributed by atoms with Crippen molar-refractivity contribution in [1.29, 1.82) is 0 Å². The van der Waals surface area contributed by atoms with Gasteiger partial charge in [-0.15, -0.1) is 0 Å². The lowest BCUT2D eigenvalue weighted by Crippen LogP contribution is -2.27. The number of rotatable bonds is 5. The minimum atomic E-state index is -0.796. The Morgan fingerprint density at radius 1 is 1.41 bits per heavy atom. The molecular weight excluding hydrogens is 296 g/mol. The lowest BCUT2D eigenvalue weighted by atomic mass is 10.2. The fourth-order valence-corrected chi connectivity index (χ4v) is 1.51. The van der Waals surface area contributed by atoms with Crippen molar-refractivity contribution in [2.45, 2.75) is 39.2 Å². The number of aryl methyl sites for hydroxylation is 1. The Hall–Kier alpha value is -2.65. The Balaban J connectivity index is 2.83. The Kier molecular flexibility index (Phi) is 5.44. The molecule has 0 aliphatic heterocycles. The molecule has 10 heteroatoms. The summed E-state index contributed by atoms with van der Waals surface area (Å²) in [5, 5.41) is 13.2. The van der Waals surface area contributed by atoms with E-state index in [-0.39, 0.29) is 24.5 Å². The quantitative estimate of drug-likeness (QED) is 0.480. The van der Waals surface area contributed by atoms with Gasteiger partial charge in [0.1, 0.15) is 11.3 Å². The molecule has 122 valence electrons. The number of H-pyrrole nitrogens is 1. The smallest absolute Gasteiger partial charge is 0.416 e. The zero-order valence-electron chi connectivity index (χ0n) is 12.8. The number of esters is 1. The SMILES string of the molecule is COC(=O)CCc1nc(NC(=O)OC(C)(C)C)[nH]c1[N+](=O)[O-]. The summed E-state index contributed by atoms with van der Waals surface area (Å²) in [4.78, 5) is 39.2. The number of carbonyl (C=O) groups is 2. The maximum absolute atomic E-state index is 11.6. The van der Waals surface area contributed by atoms with Crippen LogP contribution in [0.1, 0.15) is 32.9 Å². The number of aromatic amines is 1. The predicted molar refractivity (Wildman–Crippen MR) is 75.4 cm³/mol. The van der Waals surface area contributed by atoms with E-state index in [4.69, 9.17) is 4.74 Å². The third-order valence-corrected chi connectivity index (χ3v) is 2.35. The maximum Gasteiger partial charge on any atom is 0.416 e. The first-order valence-corrected chi connectivity index (χ1v) is 6.42. The van der Waals surface area contributed by atoms with Crippen LogP contribution in [-0.2, 0) is 20.7 Å². The second-order valence-corrected chi connectivity index (χ2v) is 5.34. The fraction of sp³-hybridized carbons (Fsp3) is 0.583. The number of hydrogen-bond donors (Lipinski definition) is 2. The number of ether oxygens (including phenoxy) is 2. The summed E-state index contributed by atoms with van der Waals surface area (Å²) in [6.45, 7) is 5.04. The van der Waals surface area contributed by atoms with E-state index in [0.29, 0.717) is 0 Å². The van der Waals surface area contributed by atoms with Gasteiger partial charge in [0.2, 0.25) is 0 Å². The number of methoxy groups -OCH3 is 1. The van der Waals surface area contributed by atoms with Gasteiger partial charge < -0.3 is 19.6 Å². The summed E-state index contributed by atoms with van der Waals surface area (Å²) in [7, 11) is 1.22. The number of nitro groups is 1. The van der Waals surface area contributed by atoms with Crippen molar-refractivity contribution in [3.8, 4) is 0 Å². The molecule has 2 N–H and O–H groups in total. The maximum atomic E-state index is 11.6. The standard InChI is InChI=1S/C12H18N4O6/c1-12(2,3)22-11(18)15-10-13-7(5-6-8(17)21-4)9(14-10)16(19)20/h5-6H2,1-4H3,(H2,13,14,15,18). The monoisotopic (exact) mass is 314 g/mol. The molecule has 0 saturated carbocycles. The predicted octanol–water partition coefficient (Wildman–Crippen LogP) is 1.77. The summed E-state index contributed by atoms with van der Waals surface area (Å²) < 4.78 is 9.47. The molecule has 1 rings (SSSR count). The minimum absolute atomic E-state index is 0.00941. The van der Waals surface area contributed by atoms with E-state index in [2.05, 4.69) is 20.0 Å². The second kappa shape index (κ2) is 6.87. The number of nitrogens with zero attached hydrogens (tertiary/aromatic N) is 2. The molecule has 0 aliphatic rings. The molecule has 1 amide bonds. The first-order chi connectivity index (χ1) is 10.1. The molecule has 1 aromatic rings. The third kappa shape index (κ3) is 5.38. The summed E-state index contributed by atoms with van der Waals surface area (Å²) in [6, 6.07) is 0. The Morgan fingerprint density at radius 3 is 2.55 bits per heavy atom. The number of anilines is 1. The van der Waals surface area contributed by atoms with Gasteiger partial charge in [0.05, 0.1) is 13.5 Å². The summed E-state index contributed by atoms with van der Waals surface area (Å²) in [5.41, 5.74) is -0.669. The van der Waals surface area contributed by atoms with E-state index >= 15 is 0 Å². The Labute approximate surface area is 126 Å². The van der Waals surface area contributed by atoms with Crippen LogP contribution in [0.25, 0.3) is 0 Å². The van der Waals surface area contributed by atoms with Crippen LogP contribution >= 0.6 is 0 Å². The average Bonchev–Trinajstić information content (AvgIpc) is 2.76. The van der Waals surface area contributed by atoms with Crippen LogP contribution in [0.2, 0.25) is 0 Å². The number of hydrogen-bond acceptors (Lipinski definition) is 7. The summed E-state index contributed by atoms with van der Waals surface area (Å²) >= 11 is 0. The molecule has 0 fully saturated rings. The van der Waals surface area contributed by atoms with Crippen molar-refractivity contribution < 1.29 is 24.0 Å². The van der Waals surface area contributed by atoms with Gasteiger partial charge in [-0.3, -0.25) is 4.79 Å². The van der Waals surface area contributed by atoms with Crippen LogP contribution in [0.4, 0.5) is 16.6 Å². The normalized spacial score (nSPS) is 10.9. The second-order valence-electron chi connectivity index (χ2n) is 5.34. The topological polar surface area (TPSA) is 136 Å². The van der Waals surface area contributed by atoms with Gasteiger partial charge in [-0.05, 0) is 25.7 Å². The van der Waals surface area contributed by atoms with Crippen molar-refractivity contribution in [3.05, 3.63) is 15.8 Å². The summed E-state index contributed by atoms with van der Waals surface area (Å²) in [6.07, 6.45) is -0.848. The number of carbonyl (C=O) groups excluding carboxylic acids is 2. The highest BCUT2D eigenvalue weighted by molar-refractivity contribution is 5.82. The van der Waals surface area contributed by atoms with Crippen molar-refractivity contribution in [1.82, 2.24) is 9.97 Å². The molecule has 0 unspecified atom stereocenters. The third-order valence-electron chi connectivity index (χ3n) is 2.35. The van der Waals surface area contributed by atoms with Crippen LogP contribution in [0, 0.1) is 10.1 Å². The highest BCUT2D eigenvalue weighted by atomic mass is 16.6. The lowest BCUT2D eigenvalue weighted by Gasteiger charge is -2.18. The first-order valence-electron chi connectivity index (χ1n) is 6.42. The molecule has 0 bridgehead atoms. The van der Waals surface area contributed by atoms with Crippen molar-refractivity contribution in [3.63, 3.8) is 0 Å². The fourth-order valence-electron chi connectivity index (χ4n) is 1.51. The average molecular weight is 314 g/mol. The van der Waals surface area contributed by atoms with Gasteiger partial charge >= 0.3 is 23.8 Å². The van der Waals surface area contributed by atoms with Gasteiger partial charge in [-0.1, -0.05) is 0 Å². The van der Waals surface area contributed by atoms with Gasteiger partial charge in [0.15, 0.2) is 0 Å². The molecule has 0 aliphatic carbocycles. The summed E-state index contributed by atoms with van der Waals surface area (Å²) in [5.74, 6) is -1.03. The molecule has 0 spiro atoms. The van der Waals surface area contributed by atoms with Gasteiger partial charge in [0, 0.05) is 6.42 Å². The van der Waals surface area contributed by atoms with E-state index in [9.17, 15) is 19.7 Å². The van der Waals surface area contributed by atoms with Gasteiger partial charge in [-0.25, -0.2) is 15.1 Å². The molecule has 0 aromatic carbocycles. The molecular formula is C12H18N4O6. The van der Waals surface area contributed by atoms with E-state index in [1.54, 1.807) is 20.8 Å². The number of nitrogens with one attached hydrogen (secondary N) is 2. The molecule has 0 saturated heterocycles. The molecule has 1 heterocycles. The van der Waals surface area contributed by atoms with E-state index in [0.717, 1.165) is 0 Å². The molecule has 10 nitrogen and oxygen atoms in total. The van der Waals surface area contributed by atoms with Crippen molar-refractivity contribution >= 4 is 23.8 Å². The molecule has 22 heavy (non-hydrogen) atoms. The Bertz CT molecular complexity index is 575. The largest absolute Gasteiger partial charge is 0.469 e. The number of aromatic nitrogens is 2. The van der Waals surface area contributed by atoms with Crippen LogP contribution in [0.15, 0.2) is 0 Å². The molecule has 0 radical (unpaired) electrons. The zero-order valence-corrected chi connectivity index (χ0v) is 12.8. The minimum Gasteiger partial charge on any atom is -0.469 e. The van der Waals surface area contributed by atoms with Crippen molar-refractivity contribution in [2.75, 3.05) is 12.4 Å². The van der Waals surface area contributed by atoms with E-state index < -0.39 is 28.4 Å². The van der Waals surface area contributed by atoms with Gasteiger partial charge in [0.25, 0.3) is 0 Å². The number of imidazole rings is 1. The zero-order chi connectivity index (χ0) is 16.9. The number of amides is 1. The Morgan fingerprint density at radius 2 is 2.05 bits per heavy atom. The molecule has 0 atom stereocenters. The van der Waals surface area contributed by atoms with Crippen LogP contribution in [0.3, 0.4) is 0 Å².